The lowest BCUT2D eigenvalue weighted by Crippen LogP contribution is -2.48. The summed E-state index contributed by atoms with van der Waals surface area (Å²) in [6.07, 6.45) is 7.31. The minimum absolute atomic E-state index is 0.0159. The first-order valence-corrected chi connectivity index (χ1v) is 9.00. The molecule has 2 heterocycles. The number of thiophene rings is 1. The maximum atomic E-state index is 12.4. The molecular weight excluding hydrogens is 282 g/mol. The number of likely N-dealkylation sites (tertiary alicyclic amines) is 1. The van der Waals surface area contributed by atoms with Gasteiger partial charge in [-0.25, -0.2) is 0 Å². The number of amides is 1. The van der Waals surface area contributed by atoms with Gasteiger partial charge in [0.15, 0.2) is 0 Å². The Morgan fingerprint density at radius 2 is 2.33 bits per heavy atom. The quantitative estimate of drug-likeness (QED) is 0.877. The molecule has 1 atom stereocenters. The first-order valence-electron chi connectivity index (χ1n) is 8.12. The van der Waals surface area contributed by atoms with Crippen LogP contribution in [0, 0.1) is 11.3 Å². The minimum atomic E-state index is -0.0159. The van der Waals surface area contributed by atoms with Crippen molar-refractivity contribution < 1.29 is 9.90 Å². The lowest BCUT2D eigenvalue weighted by Gasteiger charge is -2.42. The Kier molecular flexibility index (Phi) is 4.65. The normalized spacial score (nSPS) is 26.0. The highest BCUT2D eigenvalue weighted by Crippen LogP contribution is 2.44. The lowest BCUT2D eigenvalue weighted by molar-refractivity contribution is -0.135. The van der Waals surface area contributed by atoms with Crippen molar-refractivity contribution in [2.75, 3.05) is 19.7 Å². The minimum Gasteiger partial charge on any atom is -0.396 e. The zero-order valence-corrected chi connectivity index (χ0v) is 13.4. The molecule has 1 saturated carbocycles. The second-order valence-corrected chi connectivity index (χ2v) is 7.84. The number of aliphatic hydroxyl groups excluding tert-OH is 1. The Labute approximate surface area is 131 Å². The molecule has 1 aromatic rings. The van der Waals surface area contributed by atoms with Crippen molar-refractivity contribution in [1.82, 2.24) is 4.90 Å². The third kappa shape index (κ3) is 3.86. The largest absolute Gasteiger partial charge is 0.396 e. The maximum absolute atomic E-state index is 12.4. The first kappa shape index (κ1) is 15.0. The molecule has 0 aromatic carbocycles. The molecule has 1 amide bonds. The van der Waals surface area contributed by atoms with Gasteiger partial charge in [0.05, 0.1) is 6.61 Å². The molecule has 1 aliphatic heterocycles. The van der Waals surface area contributed by atoms with Gasteiger partial charge in [-0.1, -0.05) is 18.9 Å². The summed E-state index contributed by atoms with van der Waals surface area (Å²) in [5.41, 5.74) is -0.0159. The summed E-state index contributed by atoms with van der Waals surface area (Å²) >= 11 is 1.72. The standard InChI is InChI=1S/C17H25NO2S/c19-13-17(11-14-4-5-14)8-2-9-18(12-17)16(20)7-6-15-3-1-10-21-15/h1,3,10,14,19H,2,4-9,11-13H2/t17-/m1/s1. The molecular formula is C17H25NO2S. The van der Waals surface area contributed by atoms with Gasteiger partial charge in [-0.15, -0.1) is 11.3 Å². The summed E-state index contributed by atoms with van der Waals surface area (Å²) < 4.78 is 0. The topological polar surface area (TPSA) is 40.5 Å². The molecule has 0 radical (unpaired) electrons. The predicted molar refractivity (Wildman–Crippen MR) is 85.3 cm³/mol. The SMILES string of the molecule is O=C(CCc1cccs1)N1CCC[C@@](CO)(CC2CC2)C1. The molecule has 3 rings (SSSR count). The summed E-state index contributed by atoms with van der Waals surface area (Å²) in [6.45, 7) is 1.87. The van der Waals surface area contributed by atoms with Crippen molar-refractivity contribution in [3.63, 3.8) is 0 Å². The van der Waals surface area contributed by atoms with E-state index in [0.29, 0.717) is 6.42 Å². The van der Waals surface area contributed by atoms with E-state index >= 15 is 0 Å². The molecule has 1 N–H and O–H groups in total. The van der Waals surface area contributed by atoms with Gasteiger partial charge in [-0.05, 0) is 43.0 Å². The van der Waals surface area contributed by atoms with Gasteiger partial charge in [0.2, 0.25) is 5.91 Å². The second kappa shape index (κ2) is 6.49. The maximum Gasteiger partial charge on any atom is 0.222 e. The van der Waals surface area contributed by atoms with Crippen LogP contribution in [0.2, 0.25) is 0 Å². The fourth-order valence-electron chi connectivity index (χ4n) is 3.56. The van der Waals surface area contributed by atoms with E-state index in [1.807, 2.05) is 11.0 Å². The monoisotopic (exact) mass is 307 g/mol. The van der Waals surface area contributed by atoms with Crippen LogP contribution in [0.15, 0.2) is 17.5 Å². The van der Waals surface area contributed by atoms with Crippen molar-refractivity contribution in [3.8, 4) is 0 Å². The average molecular weight is 307 g/mol. The van der Waals surface area contributed by atoms with Crippen molar-refractivity contribution in [2.45, 2.75) is 44.9 Å². The fraction of sp³-hybridized carbons (Fsp3) is 0.706. The molecule has 2 fully saturated rings. The molecule has 116 valence electrons. The van der Waals surface area contributed by atoms with E-state index in [2.05, 4.69) is 11.4 Å². The molecule has 1 aromatic heterocycles. The Hall–Kier alpha value is -0.870. The van der Waals surface area contributed by atoms with Crippen molar-refractivity contribution in [1.29, 1.82) is 0 Å². The van der Waals surface area contributed by atoms with E-state index in [1.165, 1.54) is 17.7 Å². The molecule has 1 saturated heterocycles. The van der Waals surface area contributed by atoms with Crippen molar-refractivity contribution in [3.05, 3.63) is 22.4 Å². The summed E-state index contributed by atoms with van der Waals surface area (Å²) in [5.74, 6) is 1.06. The summed E-state index contributed by atoms with van der Waals surface area (Å²) in [6, 6.07) is 4.14. The van der Waals surface area contributed by atoms with Gasteiger partial charge in [0.25, 0.3) is 0 Å². The average Bonchev–Trinajstić information content (AvgIpc) is 3.16. The third-order valence-corrected chi connectivity index (χ3v) is 5.87. The number of hydrogen-bond donors (Lipinski definition) is 1. The molecule has 2 aliphatic rings. The molecule has 21 heavy (non-hydrogen) atoms. The highest BCUT2D eigenvalue weighted by Gasteiger charge is 2.40. The summed E-state index contributed by atoms with van der Waals surface area (Å²) in [5, 5.41) is 11.9. The molecule has 0 bridgehead atoms. The van der Waals surface area contributed by atoms with Gasteiger partial charge in [-0.2, -0.15) is 0 Å². The van der Waals surface area contributed by atoms with Crippen LogP contribution in [0.4, 0.5) is 0 Å². The number of carbonyl (C=O) groups excluding carboxylic acids is 1. The highest BCUT2D eigenvalue weighted by atomic mass is 32.1. The summed E-state index contributed by atoms with van der Waals surface area (Å²) in [4.78, 5) is 15.7. The van der Waals surface area contributed by atoms with Gasteiger partial charge in [0.1, 0.15) is 0 Å². The molecule has 1 aliphatic carbocycles. The number of nitrogens with zero attached hydrogens (tertiary/aromatic N) is 1. The van der Waals surface area contributed by atoms with Crippen molar-refractivity contribution >= 4 is 17.2 Å². The number of rotatable bonds is 6. The number of piperidine rings is 1. The van der Waals surface area contributed by atoms with E-state index in [4.69, 9.17) is 0 Å². The first-order chi connectivity index (χ1) is 10.2. The predicted octanol–water partition coefficient (Wildman–Crippen LogP) is 3.08. The zero-order chi connectivity index (χ0) is 14.7. The molecule has 3 nitrogen and oxygen atoms in total. The number of aliphatic hydroxyl groups is 1. The second-order valence-electron chi connectivity index (χ2n) is 6.80. The van der Waals surface area contributed by atoms with E-state index in [1.54, 1.807) is 11.3 Å². The molecule has 4 heteroatoms. The van der Waals surface area contributed by atoms with E-state index in [9.17, 15) is 9.90 Å². The third-order valence-electron chi connectivity index (χ3n) is 4.93. The number of hydrogen-bond acceptors (Lipinski definition) is 3. The van der Waals surface area contributed by atoms with Crippen LogP contribution in [0.1, 0.15) is 43.4 Å². The summed E-state index contributed by atoms with van der Waals surface area (Å²) in [7, 11) is 0. The van der Waals surface area contributed by atoms with Gasteiger partial charge >= 0.3 is 0 Å². The Morgan fingerprint density at radius 3 is 3.00 bits per heavy atom. The van der Waals surface area contributed by atoms with Crippen LogP contribution in [-0.4, -0.2) is 35.6 Å². The molecule has 0 unspecified atom stereocenters. The Bertz CT molecular complexity index is 469. The van der Waals surface area contributed by atoms with E-state index in [0.717, 1.165) is 44.7 Å². The molecule has 0 spiro atoms. The van der Waals surface area contributed by atoms with E-state index in [-0.39, 0.29) is 17.9 Å². The number of carbonyl (C=O) groups is 1. The smallest absolute Gasteiger partial charge is 0.222 e. The van der Waals surface area contributed by atoms with Gasteiger partial charge in [-0.3, -0.25) is 4.79 Å². The van der Waals surface area contributed by atoms with Crippen molar-refractivity contribution in [2.24, 2.45) is 11.3 Å². The van der Waals surface area contributed by atoms with Crippen LogP contribution in [-0.2, 0) is 11.2 Å². The zero-order valence-electron chi connectivity index (χ0n) is 12.6. The number of aryl methyl sites for hydroxylation is 1. The van der Waals surface area contributed by atoms with Crippen LogP contribution in [0.5, 0.6) is 0 Å². The van der Waals surface area contributed by atoms with Gasteiger partial charge < -0.3 is 10.0 Å². The van der Waals surface area contributed by atoms with E-state index < -0.39 is 0 Å². The highest BCUT2D eigenvalue weighted by molar-refractivity contribution is 7.09. The van der Waals surface area contributed by atoms with Crippen LogP contribution in [0.3, 0.4) is 0 Å². The van der Waals surface area contributed by atoms with Crippen LogP contribution < -0.4 is 0 Å². The Morgan fingerprint density at radius 1 is 1.48 bits per heavy atom. The van der Waals surface area contributed by atoms with Crippen LogP contribution in [0.25, 0.3) is 0 Å². The van der Waals surface area contributed by atoms with Gasteiger partial charge in [0, 0.05) is 29.8 Å². The lowest BCUT2D eigenvalue weighted by atomic mass is 9.76. The van der Waals surface area contributed by atoms with Crippen LogP contribution >= 0.6 is 11.3 Å². The Balaban J connectivity index is 1.55. The fourth-order valence-corrected chi connectivity index (χ4v) is 4.27.